The number of amides is 1. The Bertz CT molecular complexity index is 260. The van der Waals surface area contributed by atoms with E-state index in [1.807, 2.05) is 6.92 Å². The van der Waals surface area contributed by atoms with Gasteiger partial charge in [0.2, 0.25) is 5.91 Å². The van der Waals surface area contributed by atoms with Crippen LogP contribution in [-0.2, 0) is 9.53 Å². The molecule has 0 aromatic carbocycles. The molecule has 0 aromatic heterocycles. The molecule has 1 saturated carbocycles. The quantitative estimate of drug-likeness (QED) is 0.753. The van der Waals surface area contributed by atoms with Gasteiger partial charge >= 0.3 is 0 Å². The topological polar surface area (TPSA) is 55.6 Å². The molecule has 2 fully saturated rings. The highest BCUT2D eigenvalue weighted by Crippen LogP contribution is 2.30. The van der Waals surface area contributed by atoms with Crippen LogP contribution in [0.3, 0.4) is 0 Å². The number of rotatable bonds is 6. The number of hydrogen-bond donors (Lipinski definition) is 1. The zero-order chi connectivity index (χ0) is 12.3. The lowest BCUT2D eigenvalue weighted by molar-refractivity contribution is -0.136. The molecule has 4 heteroatoms. The van der Waals surface area contributed by atoms with Gasteiger partial charge in [-0.25, -0.2) is 0 Å². The van der Waals surface area contributed by atoms with Crippen molar-refractivity contribution in [3.05, 3.63) is 0 Å². The molecule has 0 aromatic rings. The van der Waals surface area contributed by atoms with Crippen LogP contribution in [0.25, 0.3) is 0 Å². The summed E-state index contributed by atoms with van der Waals surface area (Å²) >= 11 is 0. The zero-order valence-corrected chi connectivity index (χ0v) is 10.7. The number of hydrogen-bond acceptors (Lipinski definition) is 3. The van der Waals surface area contributed by atoms with Crippen molar-refractivity contribution in [1.29, 1.82) is 0 Å². The largest absolute Gasteiger partial charge is 0.381 e. The van der Waals surface area contributed by atoms with E-state index in [2.05, 4.69) is 4.90 Å². The Morgan fingerprint density at radius 2 is 2.24 bits per heavy atom. The molecule has 2 unspecified atom stereocenters. The molecule has 98 valence electrons. The average Bonchev–Trinajstić information content (AvgIpc) is 3.03. The summed E-state index contributed by atoms with van der Waals surface area (Å²) in [6.07, 6.45) is 4.24. The predicted molar refractivity (Wildman–Crippen MR) is 66.5 cm³/mol. The molecule has 0 radical (unpaired) electrons. The van der Waals surface area contributed by atoms with E-state index < -0.39 is 0 Å². The number of carbonyl (C=O) groups excluding carboxylic acids is 1. The summed E-state index contributed by atoms with van der Waals surface area (Å²) in [5.41, 5.74) is 5.53. The minimum atomic E-state index is 0.0721. The molecule has 2 rings (SSSR count). The van der Waals surface area contributed by atoms with E-state index in [-0.39, 0.29) is 5.92 Å². The molecule has 1 aliphatic carbocycles. The van der Waals surface area contributed by atoms with Crippen molar-refractivity contribution in [2.45, 2.75) is 38.6 Å². The van der Waals surface area contributed by atoms with E-state index in [0.717, 1.165) is 32.6 Å². The fraction of sp³-hybridized carbons (Fsp3) is 0.923. The van der Waals surface area contributed by atoms with E-state index >= 15 is 0 Å². The fourth-order valence-electron chi connectivity index (χ4n) is 2.47. The maximum Gasteiger partial charge on any atom is 0.225 e. The molecule has 1 saturated heterocycles. The van der Waals surface area contributed by atoms with Crippen LogP contribution in [0.15, 0.2) is 0 Å². The van der Waals surface area contributed by atoms with Gasteiger partial charge in [-0.05, 0) is 32.2 Å². The van der Waals surface area contributed by atoms with Crippen LogP contribution in [0.2, 0.25) is 0 Å². The highest BCUT2D eigenvalue weighted by Gasteiger charge is 2.36. The first-order valence-electron chi connectivity index (χ1n) is 6.80. The molecule has 1 heterocycles. The molecule has 4 nitrogen and oxygen atoms in total. The molecule has 2 aliphatic rings. The predicted octanol–water partition coefficient (Wildman–Crippen LogP) is 0.999. The summed E-state index contributed by atoms with van der Waals surface area (Å²) in [5.74, 6) is 0.914. The Morgan fingerprint density at radius 3 is 2.76 bits per heavy atom. The van der Waals surface area contributed by atoms with E-state index in [4.69, 9.17) is 10.5 Å². The zero-order valence-electron chi connectivity index (χ0n) is 10.7. The molecule has 0 spiro atoms. The summed E-state index contributed by atoms with van der Waals surface area (Å²) in [5, 5.41) is 0. The van der Waals surface area contributed by atoms with Crippen LogP contribution in [-0.4, -0.2) is 43.2 Å². The van der Waals surface area contributed by atoms with Crippen molar-refractivity contribution in [1.82, 2.24) is 4.90 Å². The number of nitrogens with zero attached hydrogens (tertiary/aromatic N) is 1. The molecular weight excluding hydrogens is 216 g/mol. The molecule has 17 heavy (non-hydrogen) atoms. The minimum Gasteiger partial charge on any atom is -0.381 e. The Morgan fingerprint density at radius 1 is 1.47 bits per heavy atom. The summed E-state index contributed by atoms with van der Waals surface area (Å²) in [4.78, 5) is 14.4. The number of carbonyl (C=O) groups is 1. The van der Waals surface area contributed by atoms with Crippen LogP contribution in [0.4, 0.5) is 0 Å². The maximum atomic E-state index is 12.3. The van der Waals surface area contributed by atoms with Crippen LogP contribution < -0.4 is 5.73 Å². The van der Waals surface area contributed by atoms with Gasteiger partial charge in [0.25, 0.3) is 0 Å². The first-order chi connectivity index (χ1) is 8.22. The second kappa shape index (κ2) is 5.83. The lowest BCUT2D eigenvalue weighted by Crippen LogP contribution is -2.40. The van der Waals surface area contributed by atoms with Gasteiger partial charge in [0.15, 0.2) is 0 Å². The Labute approximate surface area is 103 Å². The fourth-order valence-corrected chi connectivity index (χ4v) is 2.47. The van der Waals surface area contributed by atoms with Crippen LogP contribution in [0.5, 0.6) is 0 Å². The SMILES string of the molecule is CC(CCN)C(=O)N(CC1CCOC1)C1CC1. The van der Waals surface area contributed by atoms with E-state index in [1.54, 1.807) is 0 Å². The second-order valence-corrected chi connectivity index (χ2v) is 5.43. The van der Waals surface area contributed by atoms with Gasteiger partial charge in [-0.2, -0.15) is 0 Å². The van der Waals surface area contributed by atoms with Crippen LogP contribution in [0.1, 0.15) is 32.6 Å². The van der Waals surface area contributed by atoms with Gasteiger partial charge in [-0.15, -0.1) is 0 Å². The summed E-state index contributed by atoms with van der Waals surface area (Å²) in [6.45, 7) is 5.16. The van der Waals surface area contributed by atoms with Gasteiger partial charge in [0.1, 0.15) is 0 Å². The van der Waals surface area contributed by atoms with Gasteiger partial charge in [0, 0.05) is 31.0 Å². The smallest absolute Gasteiger partial charge is 0.225 e. The van der Waals surface area contributed by atoms with Crippen molar-refractivity contribution in [2.24, 2.45) is 17.6 Å². The van der Waals surface area contributed by atoms with Crippen molar-refractivity contribution < 1.29 is 9.53 Å². The maximum absolute atomic E-state index is 12.3. The third-order valence-electron chi connectivity index (χ3n) is 3.77. The van der Waals surface area contributed by atoms with Gasteiger partial charge < -0.3 is 15.4 Å². The van der Waals surface area contributed by atoms with Crippen LogP contribution in [0, 0.1) is 11.8 Å². The third kappa shape index (κ3) is 3.42. The highest BCUT2D eigenvalue weighted by atomic mass is 16.5. The lowest BCUT2D eigenvalue weighted by Gasteiger charge is -2.28. The van der Waals surface area contributed by atoms with E-state index in [0.29, 0.717) is 24.4 Å². The molecule has 2 atom stereocenters. The summed E-state index contributed by atoms with van der Waals surface area (Å²) < 4.78 is 5.39. The minimum absolute atomic E-state index is 0.0721. The average molecular weight is 240 g/mol. The normalized spacial score (nSPS) is 25.9. The monoisotopic (exact) mass is 240 g/mol. The van der Waals surface area contributed by atoms with Crippen LogP contribution >= 0.6 is 0 Å². The molecule has 0 bridgehead atoms. The van der Waals surface area contributed by atoms with Crippen molar-refractivity contribution >= 4 is 5.91 Å². The number of ether oxygens (including phenoxy) is 1. The Hall–Kier alpha value is -0.610. The summed E-state index contributed by atoms with van der Waals surface area (Å²) in [6, 6.07) is 0.503. The second-order valence-electron chi connectivity index (χ2n) is 5.43. The standard InChI is InChI=1S/C13H24N2O2/c1-10(4-6-14)13(16)15(12-2-3-12)8-11-5-7-17-9-11/h10-12H,2-9,14H2,1H3. The molecule has 1 amide bonds. The third-order valence-corrected chi connectivity index (χ3v) is 3.77. The number of nitrogens with two attached hydrogens (primary N) is 1. The van der Waals surface area contributed by atoms with E-state index in [1.165, 1.54) is 12.8 Å². The Kier molecular flexibility index (Phi) is 4.40. The van der Waals surface area contributed by atoms with Crippen molar-refractivity contribution in [3.8, 4) is 0 Å². The molecule has 2 N–H and O–H groups in total. The van der Waals surface area contributed by atoms with Crippen molar-refractivity contribution in [3.63, 3.8) is 0 Å². The van der Waals surface area contributed by atoms with Gasteiger partial charge in [-0.3, -0.25) is 4.79 Å². The Balaban J connectivity index is 1.89. The van der Waals surface area contributed by atoms with Crippen molar-refractivity contribution in [2.75, 3.05) is 26.3 Å². The molecule has 1 aliphatic heterocycles. The lowest BCUT2D eigenvalue weighted by atomic mass is 10.0. The van der Waals surface area contributed by atoms with E-state index in [9.17, 15) is 4.79 Å². The highest BCUT2D eigenvalue weighted by molar-refractivity contribution is 5.79. The summed E-state index contributed by atoms with van der Waals surface area (Å²) in [7, 11) is 0. The molecular formula is C13H24N2O2. The van der Waals surface area contributed by atoms with Gasteiger partial charge in [-0.1, -0.05) is 6.92 Å². The first kappa shape index (κ1) is 12.8. The first-order valence-corrected chi connectivity index (χ1v) is 6.80. The van der Waals surface area contributed by atoms with Gasteiger partial charge in [0.05, 0.1) is 6.61 Å².